The number of hydrogen-bond acceptors (Lipinski definition) is 0. The Hall–Kier alpha value is 1.57. The van der Waals surface area contributed by atoms with Crippen LogP contribution in [0.2, 0.25) is 0 Å². The van der Waals surface area contributed by atoms with E-state index in [-0.39, 0.29) is 16.4 Å². The summed E-state index contributed by atoms with van der Waals surface area (Å²) in [4.78, 5) is 0. The number of hydrogen-bond donors (Lipinski definition) is 0. The molecule has 0 spiro atoms. The molecule has 8 heavy (non-hydrogen) atoms. The van der Waals surface area contributed by atoms with Crippen molar-refractivity contribution in [3.05, 3.63) is 0 Å². The second-order valence-electron chi connectivity index (χ2n) is 0.350. The topological polar surface area (TPSA) is 94.5 Å². The van der Waals surface area contributed by atoms with Crippen molar-refractivity contribution in [3.8, 4) is 0 Å². The fourth-order valence-corrected chi connectivity index (χ4v) is 0. The van der Waals surface area contributed by atoms with Crippen molar-refractivity contribution in [2.45, 2.75) is 0 Å². The molecule has 0 aliphatic rings. The summed E-state index contributed by atoms with van der Waals surface area (Å²) in [5.74, 6) is 0. The standard InChI is InChI=1S/4ClH.Cr.3H2O/h4*1H;;3*1H2/q;;;;+4;;;/p-4. The van der Waals surface area contributed by atoms with Crippen LogP contribution in [0.1, 0.15) is 0 Å². The van der Waals surface area contributed by atoms with Gasteiger partial charge in [0.1, 0.15) is 0 Å². The summed E-state index contributed by atoms with van der Waals surface area (Å²) >= 11 is 0. The third kappa shape index (κ3) is 132. The van der Waals surface area contributed by atoms with Crippen molar-refractivity contribution >= 4 is 40.2 Å². The summed E-state index contributed by atoms with van der Waals surface area (Å²) in [6.45, 7) is 0. The molecule has 0 amide bonds. The molecular weight excluding hydrogens is 242 g/mol. The van der Waals surface area contributed by atoms with Gasteiger partial charge in [-0.1, -0.05) is 0 Å². The number of rotatable bonds is 0. The monoisotopic (exact) mass is 246 g/mol. The van der Waals surface area contributed by atoms with Gasteiger partial charge in [-0.05, 0) is 0 Å². The molecule has 0 radical (unpaired) electrons. The first kappa shape index (κ1) is 22.7. The maximum absolute atomic E-state index is 4.98. The van der Waals surface area contributed by atoms with Crippen LogP contribution in [0.25, 0.3) is 0 Å². The van der Waals surface area contributed by atoms with Crippen molar-refractivity contribution in [2.75, 3.05) is 0 Å². The predicted molar refractivity (Wildman–Crippen MR) is 34.3 cm³/mol. The van der Waals surface area contributed by atoms with Crippen LogP contribution >= 0.6 is 40.2 Å². The molecule has 0 unspecified atom stereocenters. The second-order valence-corrected chi connectivity index (χ2v) is 13.0. The van der Waals surface area contributed by atoms with Crippen LogP contribution in [0.5, 0.6) is 0 Å². The van der Waals surface area contributed by atoms with E-state index >= 15 is 0 Å². The third-order valence-corrected chi connectivity index (χ3v) is 0. The van der Waals surface area contributed by atoms with Crippen molar-refractivity contribution in [1.82, 2.24) is 0 Å². The Kier molecular flexibility index (Phi) is 24.3. The molecule has 0 aliphatic heterocycles. The van der Waals surface area contributed by atoms with Crippen LogP contribution in [-0.4, -0.2) is 16.4 Å². The third-order valence-electron chi connectivity index (χ3n) is 0. The Morgan fingerprint density at radius 1 is 0.625 bits per heavy atom. The van der Waals surface area contributed by atoms with Crippen LogP contribution in [0, 0.1) is 0 Å². The first-order valence-corrected chi connectivity index (χ1v) is 7.63. The van der Waals surface area contributed by atoms with E-state index in [0.717, 1.165) is 0 Å². The molecule has 0 saturated carbocycles. The van der Waals surface area contributed by atoms with Gasteiger partial charge < -0.3 is 16.4 Å². The number of halogens is 4. The van der Waals surface area contributed by atoms with E-state index in [9.17, 15) is 0 Å². The van der Waals surface area contributed by atoms with Gasteiger partial charge in [-0.3, -0.25) is 0 Å². The van der Waals surface area contributed by atoms with E-state index in [4.69, 9.17) is 40.2 Å². The van der Waals surface area contributed by atoms with Gasteiger partial charge >= 0.3 is 49.6 Å². The van der Waals surface area contributed by atoms with Crippen LogP contribution in [-0.2, 0) is 9.39 Å². The second kappa shape index (κ2) is 8.57. The Morgan fingerprint density at radius 3 is 0.625 bits per heavy atom. The predicted octanol–water partition coefficient (Wildman–Crippen LogP) is 0.281. The molecule has 58 valence electrons. The minimum atomic E-state index is -2.86. The van der Waals surface area contributed by atoms with Crippen LogP contribution in [0.4, 0.5) is 0 Å². The molecule has 0 aromatic carbocycles. The van der Waals surface area contributed by atoms with Crippen molar-refractivity contribution < 1.29 is 25.8 Å². The average molecular weight is 248 g/mol. The SMILES string of the molecule is O.O.O.[Cl][Cr]([Cl])([Cl])[Cl]. The van der Waals surface area contributed by atoms with Crippen molar-refractivity contribution in [1.29, 1.82) is 0 Å². The van der Waals surface area contributed by atoms with Gasteiger partial charge in [-0.15, -0.1) is 0 Å². The molecule has 0 saturated heterocycles. The van der Waals surface area contributed by atoms with Gasteiger partial charge in [-0.25, -0.2) is 0 Å². The summed E-state index contributed by atoms with van der Waals surface area (Å²) in [6.07, 6.45) is 0. The molecule has 0 fully saturated rings. The van der Waals surface area contributed by atoms with E-state index in [1.54, 1.807) is 0 Å². The normalized spacial score (nSPS) is 9.50. The van der Waals surface area contributed by atoms with Crippen LogP contribution in [0.15, 0.2) is 0 Å². The van der Waals surface area contributed by atoms with Gasteiger partial charge in [0.05, 0.1) is 0 Å². The van der Waals surface area contributed by atoms with Gasteiger partial charge in [-0.2, -0.15) is 0 Å². The average Bonchev–Trinajstić information content (AvgIpc) is 0.722. The fourth-order valence-electron chi connectivity index (χ4n) is 0. The Balaban J connectivity index is -0.0000000267. The zero-order chi connectivity index (χ0) is 4.50. The molecule has 3 nitrogen and oxygen atoms in total. The minimum absolute atomic E-state index is 0. The molecule has 0 aromatic heterocycles. The Bertz CT molecular complexity index is 26.8. The summed E-state index contributed by atoms with van der Waals surface area (Å²) in [6, 6.07) is 0. The van der Waals surface area contributed by atoms with Gasteiger partial charge in [0.25, 0.3) is 0 Å². The maximum atomic E-state index is 4.98. The first-order valence-electron chi connectivity index (χ1n) is 0.617. The fraction of sp³-hybridized carbons (Fsp3) is 0. The van der Waals surface area contributed by atoms with E-state index in [0.29, 0.717) is 0 Å². The molecular formula is H6Cl4CrO3. The summed E-state index contributed by atoms with van der Waals surface area (Å²) in [5.41, 5.74) is 0. The van der Waals surface area contributed by atoms with E-state index in [1.165, 1.54) is 0 Å². The molecule has 6 N–H and O–H groups in total. The summed E-state index contributed by atoms with van der Waals surface area (Å²) < 4.78 is 0. The van der Waals surface area contributed by atoms with E-state index < -0.39 is 9.39 Å². The van der Waals surface area contributed by atoms with Crippen LogP contribution in [0.3, 0.4) is 0 Å². The van der Waals surface area contributed by atoms with E-state index in [1.807, 2.05) is 0 Å². The first-order chi connectivity index (χ1) is 2.00. The Morgan fingerprint density at radius 2 is 0.625 bits per heavy atom. The molecule has 0 aromatic rings. The zero-order valence-electron chi connectivity index (χ0n) is 3.42. The van der Waals surface area contributed by atoms with E-state index in [2.05, 4.69) is 0 Å². The van der Waals surface area contributed by atoms with Crippen molar-refractivity contribution in [3.63, 3.8) is 0 Å². The molecule has 0 bridgehead atoms. The molecule has 0 rings (SSSR count). The van der Waals surface area contributed by atoms with Gasteiger partial charge in [0, 0.05) is 0 Å². The summed E-state index contributed by atoms with van der Waals surface area (Å²) in [7, 11) is 17.1. The molecule has 0 atom stereocenters. The van der Waals surface area contributed by atoms with Crippen LogP contribution < -0.4 is 0 Å². The summed E-state index contributed by atoms with van der Waals surface area (Å²) in [5, 5.41) is 0. The molecule has 0 aliphatic carbocycles. The van der Waals surface area contributed by atoms with Crippen molar-refractivity contribution in [2.24, 2.45) is 0 Å². The Labute approximate surface area is 65.9 Å². The molecule has 8 heteroatoms. The van der Waals surface area contributed by atoms with Gasteiger partial charge in [0.15, 0.2) is 0 Å². The van der Waals surface area contributed by atoms with Gasteiger partial charge in [0.2, 0.25) is 0 Å². The zero-order valence-corrected chi connectivity index (χ0v) is 7.72. The quantitative estimate of drug-likeness (QED) is 0.588. The molecule has 0 heterocycles.